The summed E-state index contributed by atoms with van der Waals surface area (Å²) in [6, 6.07) is 7.71. The molecule has 5 rings (SSSR count). The number of nitrogens with zero attached hydrogens (tertiary/aromatic N) is 3. The quantitative estimate of drug-likeness (QED) is 0.400. The van der Waals surface area contributed by atoms with Gasteiger partial charge in [0.2, 0.25) is 0 Å². The van der Waals surface area contributed by atoms with Crippen LogP contribution in [0.15, 0.2) is 41.9 Å². The van der Waals surface area contributed by atoms with E-state index in [1.54, 1.807) is 18.3 Å². The van der Waals surface area contributed by atoms with Crippen LogP contribution in [0.2, 0.25) is 5.02 Å². The molecule has 37 heavy (non-hydrogen) atoms. The summed E-state index contributed by atoms with van der Waals surface area (Å²) < 4.78 is 40.8. The summed E-state index contributed by atoms with van der Waals surface area (Å²) in [4.78, 5) is 24.0. The molecule has 3 aromatic rings. The number of hydrogen-bond donors (Lipinski definition) is 1. The van der Waals surface area contributed by atoms with Crippen LogP contribution in [-0.4, -0.2) is 53.7 Å². The van der Waals surface area contributed by atoms with Crippen LogP contribution in [0.25, 0.3) is 0 Å². The molecule has 1 N–H and O–H groups in total. The van der Waals surface area contributed by atoms with Gasteiger partial charge in [-0.25, -0.2) is 18.7 Å². The third kappa shape index (κ3) is 4.71. The Balaban J connectivity index is 1.42. The fourth-order valence-corrected chi connectivity index (χ4v) is 6.34. The van der Waals surface area contributed by atoms with Crippen LogP contribution in [0.5, 0.6) is 0 Å². The van der Waals surface area contributed by atoms with E-state index in [0.29, 0.717) is 49.1 Å². The van der Waals surface area contributed by atoms with Gasteiger partial charge in [-0.05, 0) is 38.0 Å². The molecule has 2 saturated heterocycles. The molecule has 2 aliphatic rings. The fraction of sp³-hybridized carbons (Fsp3) is 0.423. The minimum absolute atomic E-state index is 0.0603. The van der Waals surface area contributed by atoms with Crippen molar-refractivity contribution in [3.8, 4) is 0 Å². The van der Waals surface area contributed by atoms with E-state index in [9.17, 15) is 9.18 Å². The molecule has 1 aromatic carbocycles. The highest BCUT2D eigenvalue weighted by Gasteiger charge is 2.54. The molecule has 2 fully saturated rings. The van der Waals surface area contributed by atoms with E-state index >= 15 is 4.39 Å². The van der Waals surface area contributed by atoms with Gasteiger partial charge in [0.15, 0.2) is 5.13 Å². The third-order valence-corrected chi connectivity index (χ3v) is 8.42. The van der Waals surface area contributed by atoms with Gasteiger partial charge in [0.05, 0.1) is 42.0 Å². The standard InChI is InChI=1S/C26H27ClF2N4O3S/c1-16-12-25(23(34)35-2,13-20-19(28)6-7-21(31-20)32-24-30-9-11-37-24)8-10-33(16)26(14-36-15-26)17-4-3-5-18(27)22(17)29/h3-7,9,11,16H,8,10,12-15H2,1-2H3,(H,30,31,32). The SMILES string of the molecule is COC(=O)C1(Cc2nc(Nc3nccs3)ccc2F)CCN(C2(c3cccc(Cl)c3F)COC2)C(C)C1. The number of carbonyl (C=O) groups excluding carboxylic acids is 1. The van der Waals surface area contributed by atoms with E-state index in [1.165, 1.54) is 36.6 Å². The predicted molar refractivity (Wildman–Crippen MR) is 137 cm³/mol. The van der Waals surface area contributed by atoms with Gasteiger partial charge in [-0.2, -0.15) is 0 Å². The van der Waals surface area contributed by atoms with E-state index in [4.69, 9.17) is 21.1 Å². The van der Waals surface area contributed by atoms with Crippen LogP contribution in [-0.2, 0) is 26.2 Å². The van der Waals surface area contributed by atoms with Gasteiger partial charge < -0.3 is 14.8 Å². The molecule has 2 aliphatic heterocycles. The molecular formula is C26H27ClF2N4O3S. The first-order valence-electron chi connectivity index (χ1n) is 12.0. The predicted octanol–water partition coefficient (Wildman–Crippen LogP) is 5.33. The molecule has 0 radical (unpaired) electrons. The monoisotopic (exact) mass is 548 g/mol. The lowest BCUT2D eigenvalue weighted by atomic mass is 9.70. The second-order valence-corrected chi connectivity index (χ2v) is 11.0. The Morgan fingerprint density at radius 3 is 2.78 bits per heavy atom. The molecule has 2 atom stereocenters. The number of halogens is 3. The molecule has 4 heterocycles. The highest BCUT2D eigenvalue weighted by Crippen LogP contribution is 2.47. The van der Waals surface area contributed by atoms with E-state index in [-0.39, 0.29) is 23.2 Å². The third-order valence-electron chi connectivity index (χ3n) is 7.44. The Hall–Kier alpha value is -2.66. The lowest BCUT2D eigenvalue weighted by molar-refractivity contribution is -0.184. The van der Waals surface area contributed by atoms with Crippen molar-refractivity contribution in [3.05, 3.63) is 69.8 Å². The number of hydrogen-bond acceptors (Lipinski definition) is 8. The Labute approximate surface area is 222 Å². The number of carbonyl (C=O) groups is 1. The maximum Gasteiger partial charge on any atom is 0.312 e. The first kappa shape index (κ1) is 26.0. The number of benzene rings is 1. The minimum atomic E-state index is -0.989. The number of nitrogens with one attached hydrogen (secondary N) is 1. The maximum atomic E-state index is 15.1. The van der Waals surface area contributed by atoms with Gasteiger partial charge in [0.1, 0.15) is 17.5 Å². The minimum Gasteiger partial charge on any atom is -0.469 e. The summed E-state index contributed by atoms with van der Waals surface area (Å²) in [5.74, 6) is -0.918. The van der Waals surface area contributed by atoms with Gasteiger partial charge in [0.25, 0.3) is 0 Å². The molecule has 0 bridgehead atoms. The second-order valence-electron chi connectivity index (χ2n) is 9.66. The smallest absolute Gasteiger partial charge is 0.312 e. The molecule has 7 nitrogen and oxygen atoms in total. The molecule has 0 saturated carbocycles. The van der Waals surface area contributed by atoms with E-state index in [0.717, 1.165) is 0 Å². The summed E-state index contributed by atoms with van der Waals surface area (Å²) >= 11 is 7.50. The average molecular weight is 549 g/mol. The number of rotatable bonds is 7. The topological polar surface area (TPSA) is 76.6 Å². The van der Waals surface area contributed by atoms with Gasteiger partial charge in [-0.15, -0.1) is 11.3 Å². The number of pyridine rings is 1. The molecule has 2 aromatic heterocycles. The van der Waals surface area contributed by atoms with Crippen molar-refractivity contribution in [1.29, 1.82) is 0 Å². The molecule has 2 unspecified atom stereocenters. The maximum absolute atomic E-state index is 15.1. The summed E-state index contributed by atoms with van der Waals surface area (Å²) in [7, 11) is 1.34. The average Bonchev–Trinajstić information content (AvgIpc) is 3.37. The number of methoxy groups -OCH3 is 1. The van der Waals surface area contributed by atoms with Crippen LogP contribution < -0.4 is 5.32 Å². The Morgan fingerprint density at radius 1 is 1.32 bits per heavy atom. The van der Waals surface area contributed by atoms with Gasteiger partial charge in [0, 0.05) is 36.1 Å². The van der Waals surface area contributed by atoms with Crippen molar-refractivity contribution >= 4 is 39.9 Å². The van der Waals surface area contributed by atoms with Crippen LogP contribution in [0.3, 0.4) is 0 Å². The zero-order valence-electron chi connectivity index (χ0n) is 20.5. The largest absolute Gasteiger partial charge is 0.469 e. The number of piperidine rings is 1. The highest BCUT2D eigenvalue weighted by atomic mass is 35.5. The molecule has 0 aliphatic carbocycles. The number of anilines is 2. The van der Waals surface area contributed by atoms with Crippen LogP contribution in [0.1, 0.15) is 31.0 Å². The first-order chi connectivity index (χ1) is 17.8. The number of ether oxygens (including phenoxy) is 2. The number of likely N-dealkylation sites (tertiary alicyclic amines) is 1. The Kier molecular flexibility index (Phi) is 7.19. The zero-order valence-corrected chi connectivity index (χ0v) is 22.0. The summed E-state index contributed by atoms with van der Waals surface area (Å²) in [5.41, 5.74) is -1.01. The van der Waals surface area contributed by atoms with Crippen LogP contribution >= 0.6 is 22.9 Å². The summed E-state index contributed by atoms with van der Waals surface area (Å²) in [6.45, 7) is 3.09. The lowest BCUT2D eigenvalue weighted by Gasteiger charge is -2.56. The van der Waals surface area contributed by atoms with Crippen LogP contribution in [0, 0.1) is 17.0 Å². The summed E-state index contributed by atoms with van der Waals surface area (Å²) in [6.07, 6.45) is 2.51. The van der Waals surface area contributed by atoms with Crippen molar-refractivity contribution in [1.82, 2.24) is 14.9 Å². The van der Waals surface area contributed by atoms with E-state index < -0.39 is 28.6 Å². The first-order valence-corrected chi connectivity index (χ1v) is 13.2. The number of aromatic nitrogens is 2. The Bertz CT molecular complexity index is 1290. The van der Waals surface area contributed by atoms with Crippen molar-refractivity contribution < 1.29 is 23.0 Å². The van der Waals surface area contributed by atoms with Crippen molar-refractivity contribution in [3.63, 3.8) is 0 Å². The van der Waals surface area contributed by atoms with E-state index in [2.05, 4.69) is 20.2 Å². The molecular weight excluding hydrogens is 522 g/mol. The van der Waals surface area contributed by atoms with Gasteiger partial charge in [-0.1, -0.05) is 23.7 Å². The molecule has 0 spiro atoms. The summed E-state index contributed by atoms with van der Waals surface area (Å²) in [5, 5.41) is 5.59. The molecule has 196 valence electrons. The zero-order chi connectivity index (χ0) is 26.2. The molecule has 0 amide bonds. The van der Waals surface area contributed by atoms with Gasteiger partial charge in [-0.3, -0.25) is 9.69 Å². The Morgan fingerprint density at radius 2 is 2.14 bits per heavy atom. The second kappa shape index (κ2) is 10.2. The highest BCUT2D eigenvalue weighted by molar-refractivity contribution is 7.13. The van der Waals surface area contributed by atoms with Crippen LogP contribution in [0.4, 0.5) is 19.7 Å². The van der Waals surface area contributed by atoms with Crippen molar-refractivity contribution in [2.75, 3.05) is 32.2 Å². The van der Waals surface area contributed by atoms with E-state index in [1.807, 2.05) is 12.3 Å². The molecule has 11 heteroatoms. The lowest BCUT2D eigenvalue weighted by Crippen LogP contribution is -2.65. The van der Waals surface area contributed by atoms with Crippen molar-refractivity contribution in [2.45, 2.75) is 37.8 Å². The van der Waals surface area contributed by atoms with Crippen molar-refractivity contribution in [2.24, 2.45) is 5.41 Å². The number of thiazole rings is 1. The normalized spacial score (nSPS) is 23.3. The number of esters is 1. The van der Waals surface area contributed by atoms with Gasteiger partial charge >= 0.3 is 5.97 Å². The fourth-order valence-electron chi connectivity index (χ4n) is 5.63.